The first-order valence-electron chi connectivity index (χ1n) is 5.67. The second-order valence-electron chi connectivity index (χ2n) is 4.09. The molecule has 0 N–H and O–H groups in total. The van der Waals surface area contributed by atoms with Gasteiger partial charge in [-0.2, -0.15) is 13.2 Å². The molecule has 0 aliphatic carbocycles. The predicted molar refractivity (Wildman–Crippen MR) is 66.0 cm³/mol. The summed E-state index contributed by atoms with van der Waals surface area (Å²) in [7, 11) is 0. The minimum absolute atomic E-state index is 0.200. The van der Waals surface area contributed by atoms with E-state index in [4.69, 9.17) is 4.74 Å². The van der Waals surface area contributed by atoms with Crippen molar-refractivity contribution in [3.8, 4) is 16.9 Å². The Hall–Kier alpha value is -2.04. The van der Waals surface area contributed by atoms with Gasteiger partial charge in [-0.25, -0.2) is 0 Å². The van der Waals surface area contributed by atoms with E-state index >= 15 is 0 Å². The van der Waals surface area contributed by atoms with Crippen LogP contribution in [0.25, 0.3) is 11.1 Å². The average Bonchev–Trinajstić information content (AvgIpc) is 2.37. The second-order valence-corrected chi connectivity index (χ2v) is 4.09. The fraction of sp³-hybridized carbons (Fsp3) is 0.214. The number of aryl methyl sites for hydroxylation is 1. The van der Waals surface area contributed by atoms with E-state index in [1.54, 1.807) is 36.5 Å². The van der Waals surface area contributed by atoms with E-state index in [0.717, 1.165) is 11.3 Å². The van der Waals surface area contributed by atoms with Gasteiger partial charge in [-0.15, -0.1) is 0 Å². The second kappa shape index (κ2) is 5.30. The Morgan fingerprint density at radius 1 is 1.11 bits per heavy atom. The van der Waals surface area contributed by atoms with Gasteiger partial charge in [0.25, 0.3) is 0 Å². The van der Waals surface area contributed by atoms with E-state index in [1.165, 1.54) is 6.07 Å². The van der Waals surface area contributed by atoms with Crippen molar-refractivity contribution in [3.05, 3.63) is 48.3 Å². The maximum absolute atomic E-state index is 12.2. The van der Waals surface area contributed by atoms with Crippen molar-refractivity contribution in [2.24, 2.45) is 0 Å². The van der Waals surface area contributed by atoms with Gasteiger partial charge in [0.1, 0.15) is 5.75 Å². The normalized spacial score (nSPS) is 11.4. The van der Waals surface area contributed by atoms with Crippen LogP contribution in [0.5, 0.6) is 5.75 Å². The topological polar surface area (TPSA) is 22.1 Å². The van der Waals surface area contributed by atoms with Gasteiger partial charge in [0.05, 0.1) is 0 Å². The van der Waals surface area contributed by atoms with Crippen molar-refractivity contribution in [1.82, 2.24) is 4.98 Å². The minimum Gasteiger partial charge on any atom is -0.483 e. The maximum Gasteiger partial charge on any atom is 0.422 e. The van der Waals surface area contributed by atoms with E-state index in [9.17, 15) is 13.2 Å². The molecule has 0 fully saturated rings. The van der Waals surface area contributed by atoms with Crippen LogP contribution in [0.4, 0.5) is 13.2 Å². The molecule has 1 heterocycles. The Balaban J connectivity index is 2.28. The lowest BCUT2D eigenvalue weighted by atomic mass is 10.1. The molecule has 2 aromatic rings. The lowest BCUT2D eigenvalue weighted by Crippen LogP contribution is -2.19. The lowest BCUT2D eigenvalue weighted by molar-refractivity contribution is -0.153. The van der Waals surface area contributed by atoms with Gasteiger partial charge >= 0.3 is 6.18 Å². The maximum atomic E-state index is 12.2. The van der Waals surface area contributed by atoms with E-state index in [1.807, 2.05) is 6.92 Å². The van der Waals surface area contributed by atoms with Crippen molar-refractivity contribution in [2.45, 2.75) is 13.1 Å². The number of ether oxygens (including phenoxy) is 1. The summed E-state index contributed by atoms with van der Waals surface area (Å²) in [4.78, 5) is 4.13. The summed E-state index contributed by atoms with van der Waals surface area (Å²) in [6.45, 7) is 0.541. The van der Waals surface area contributed by atoms with Crippen LogP contribution in [-0.4, -0.2) is 17.8 Å². The van der Waals surface area contributed by atoms with Gasteiger partial charge in [0.15, 0.2) is 6.61 Å². The SMILES string of the molecule is Cc1ccc(-c2ccccc2OCC(F)(F)F)cn1. The summed E-state index contributed by atoms with van der Waals surface area (Å²) in [5, 5.41) is 0. The molecule has 0 aliphatic rings. The molecule has 0 aliphatic heterocycles. The molecule has 1 aromatic heterocycles. The molecule has 100 valence electrons. The average molecular weight is 267 g/mol. The van der Waals surface area contributed by atoms with Gasteiger partial charge in [0.2, 0.25) is 0 Å². The third-order valence-corrected chi connectivity index (χ3v) is 2.50. The first kappa shape index (κ1) is 13.4. The van der Waals surface area contributed by atoms with E-state index in [-0.39, 0.29) is 5.75 Å². The quantitative estimate of drug-likeness (QED) is 0.838. The van der Waals surface area contributed by atoms with Crippen LogP contribution in [0, 0.1) is 6.92 Å². The Bertz CT molecular complexity index is 549. The molecular weight excluding hydrogens is 255 g/mol. The Morgan fingerprint density at radius 2 is 1.84 bits per heavy atom. The van der Waals surface area contributed by atoms with Crippen LogP contribution in [0.1, 0.15) is 5.69 Å². The molecular formula is C14H12F3NO. The fourth-order valence-electron chi connectivity index (χ4n) is 1.62. The van der Waals surface area contributed by atoms with E-state index < -0.39 is 12.8 Å². The third-order valence-electron chi connectivity index (χ3n) is 2.50. The standard InChI is InChI=1S/C14H12F3NO/c1-10-6-7-11(8-18-10)12-4-2-3-5-13(12)19-9-14(15,16)17/h2-8H,9H2,1H3. The number of hydrogen-bond acceptors (Lipinski definition) is 2. The van der Waals surface area contributed by atoms with Crippen LogP contribution in [0.15, 0.2) is 42.6 Å². The Morgan fingerprint density at radius 3 is 2.47 bits per heavy atom. The summed E-state index contributed by atoms with van der Waals surface area (Å²) in [6.07, 6.45) is -2.73. The Kier molecular flexibility index (Phi) is 3.74. The van der Waals surface area contributed by atoms with Crippen LogP contribution in [0.3, 0.4) is 0 Å². The molecule has 0 bridgehead atoms. The molecule has 0 saturated heterocycles. The highest BCUT2D eigenvalue weighted by atomic mass is 19.4. The van der Waals surface area contributed by atoms with Gasteiger partial charge in [-0.3, -0.25) is 4.98 Å². The number of pyridine rings is 1. The van der Waals surface area contributed by atoms with Crippen molar-refractivity contribution in [2.75, 3.05) is 6.61 Å². The van der Waals surface area contributed by atoms with E-state index in [2.05, 4.69) is 4.98 Å². The van der Waals surface area contributed by atoms with E-state index in [0.29, 0.717) is 5.56 Å². The highest BCUT2D eigenvalue weighted by molar-refractivity contribution is 5.69. The molecule has 19 heavy (non-hydrogen) atoms. The smallest absolute Gasteiger partial charge is 0.422 e. The molecule has 0 unspecified atom stereocenters. The first-order valence-corrected chi connectivity index (χ1v) is 5.67. The largest absolute Gasteiger partial charge is 0.483 e. The monoisotopic (exact) mass is 267 g/mol. The molecule has 0 atom stereocenters. The summed E-state index contributed by atoms with van der Waals surface area (Å²) >= 11 is 0. The zero-order valence-electron chi connectivity index (χ0n) is 10.2. The Labute approximate surface area is 108 Å². The van der Waals surface area contributed by atoms with Crippen molar-refractivity contribution in [3.63, 3.8) is 0 Å². The lowest BCUT2D eigenvalue weighted by Gasteiger charge is -2.13. The molecule has 5 heteroatoms. The van der Waals surface area contributed by atoms with Gasteiger partial charge in [-0.1, -0.05) is 24.3 Å². The molecule has 2 rings (SSSR count). The number of rotatable bonds is 3. The first-order chi connectivity index (χ1) is 8.96. The molecule has 0 radical (unpaired) electrons. The summed E-state index contributed by atoms with van der Waals surface area (Å²) < 4.78 is 41.4. The van der Waals surface area contributed by atoms with Gasteiger partial charge in [0, 0.05) is 23.0 Å². The molecule has 1 aromatic carbocycles. The third kappa shape index (κ3) is 3.71. The molecule has 0 saturated carbocycles. The highest BCUT2D eigenvalue weighted by Crippen LogP contribution is 2.30. The number of benzene rings is 1. The number of para-hydroxylation sites is 1. The van der Waals surface area contributed by atoms with Crippen LogP contribution < -0.4 is 4.74 Å². The van der Waals surface area contributed by atoms with Crippen LogP contribution in [0.2, 0.25) is 0 Å². The number of alkyl halides is 3. The van der Waals surface area contributed by atoms with Crippen LogP contribution in [-0.2, 0) is 0 Å². The fourth-order valence-corrected chi connectivity index (χ4v) is 1.62. The minimum atomic E-state index is -4.35. The van der Waals surface area contributed by atoms with Crippen LogP contribution >= 0.6 is 0 Å². The number of nitrogens with zero attached hydrogens (tertiary/aromatic N) is 1. The molecule has 0 amide bonds. The number of hydrogen-bond donors (Lipinski definition) is 0. The summed E-state index contributed by atoms with van der Waals surface area (Å²) in [5.74, 6) is 0.200. The number of halogens is 3. The zero-order chi connectivity index (χ0) is 13.9. The highest BCUT2D eigenvalue weighted by Gasteiger charge is 2.28. The molecule has 2 nitrogen and oxygen atoms in total. The van der Waals surface area contributed by atoms with Crippen molar-refractivity contribution in [1.29, 1.82) is 0 Å². The summed E-state index contributed by atoms with van der Waals surface area (Å²) in [5.41, 5.74) is 2.17. The van der Waals surface area contributed by atoms with Crippen molar-refractivity contribution >= 4 is 0 Å². The van der Waals surface area contributed by atoms with Crippen molar-refractivity contribution < 1.29 is 17.9 Å². The zero-order valence-corrected chi connectivity index (χ0v) is 10.2. The number of aromatic nitrogens is 1. The van der Waals surface area contributed by atoms with Gasteiger partial charge < -0.3 is 4.74 Å². The molecule has 0 spiro atoms. The predicted octanol–water partition coefficient (Wildman–Crippen LogP) is 4.00. The summed E-state index contributed by atoms with van der Waals surface area (Å²) in [6, 6.07) is 10.2. The van der Waals surface area contributed by atoms with Gasteiger partial charge in [-0.05, 0) is 19.1 Å².